The summed E-state index contributed by atoms with van der Waals surface area (Å²) in [5, 5.41) is 10.1. The van der Waals surface area contributed by atoms with E-state index < -0.39 is 16.1 Å². The third kappa shape index (κ3) is 3.89. The standard InChI is InChI=1S/C14H13Cl2NO3S/c1-9(18)10-2-5-12(6-3-10)21(19,20)17-14-8-11(15)4-7-13(14)16/h2-9,17-18H,1H3. The van der Waals surface area contributed by atoms with Crippen LogP contribution in [-0.2, 0) is 10.0 Å². The minimum atomic E-state index is -3.77. The Kier molecular flexibility index (Phi) is 4.78. The fraction of sp³-hybridized carbons (Fsp3) is 0.143. The van der Waals surface area contributed by atoms with E-state index in [0.717, 1.165) is 0 Å². The van der Waals surface area contributed by atoms with Crippen LogP contribution in [0, 0.1) is 0 Å². The molecule has 0 saturated heterocycles. The zero-order valence-electron chi connectivity index (χ0n) is 11.0. The fourth-order valence-corrected chi connectivity index (χ4v) is 3.17. The lowest BCUT2D eigenvalue weighted by atomic mass is 10.1. The lowest BCUT2D eigenvalue weighted by molar-refractivity contribution is 0.199. The number of aliphatic hydroxyl groups excluding tert-OH is 1. The van der Waals surface area contributed by atoms with Gasteiger partial charge in [-0.25, -0.2) is 8.42 Å². The second-order valence-electron chi connectivity index (χ2n) is 4.47. The van der Waals surface area contributed by atoms with Gasteiger partial charge < -0.3 is 5.11 Å². The van der Waals surface area contributed by atoms with E-state index in [4.69, 9.17) is 23.2 Å². The van der Waals surface area contributed by atoms with Gasteiger partial charge in [-0.3, -0.25) is 4.72 Å². The predicted octanol–water partition coefficient (Wildman–Crippen LogP) is 3.85. The summed E-state index contributed by atoms with van der Waals surface area (Å²) >= 11 is 11.8. The van der Waals surface area contributed by atoms with Crippen LogP contribution >= 0.6 is 23.2 Å². The van der Waals surface area contributed by atoms with Crippen molar-refractivity contribution < 1.29 is 13.5 Å². The number of hydrogen-bond donors (Lipinski definition) is 2. The Morgan fingerprint density at radius 3 is 2.29 bits per heavy atom. The van der Waals surface area contributed by atoms with Crippen LogP contribution in [0.15, 0.2) is 47.4 Å². The van der Waals surface area contributed by atoms with Crippen LogP contribution < -0.4 is 4.72 Å². The zero-order valence-corrected chi connectivity index (χ0v) is 13.4. The van der Waals surface area contributed by atoms with Crippen molar-refractivity contribution >= 4 is 38.9 Å². The van der Waals surface area contributed by atoms with Gasteiger partial charge in [-0.05, 0) is 42.8 Å². The molecule has 0 spiro atoms. The third-order valence-corrected chi connectivity index (χ3v) is 4.79. The van der Waals surface area contributed by atoms with Crippen LogP contribution in [0.4, 0.5) is 5.69 Å². The summed E-state index contributed by atoms with van der Waals surface area (Å²) < 4.78 is 26.9. The smallest absolute Gasteiger partial charge is 0.261 e. The van der Waals surface area contributed by atoms with E-state index in [-0.39, 0.29) is 15.6 Å². The molecular weight excluding hydrogens is 333 g/mol. The molecular formula is C14H13Cl2NO3S. The molecule has 2 N–H and O–H groups in total. The summed E-state index contributed by atoms with van der Waals surface area (Å²) in [4.78, 5) is 0.0722. The van der Waals surface area contributed by atoms with Gasteiger partial charge in [0.2, 0.25) is 0 Å². The maximum atomic E-state index is 12.3. The quantitative estimate of drug-likeness (QED) is 0.884. The Labute approximate surface area is 133 Å². The molecule has 1 unspecified atom stereocenters. The monoisotopic (exact) mass is 345 g/mol. The van der Waals surface area contributed by atoms with E-state index in [1.807, 2.05) is 0 Å². The van der Waals surface area contributed by atoms with E-state index >= 15 is 0 Å². The minimum Gasteiger partial charge on any atom is -0.389 e. The first-order chi connectivity index (χ1) is 9.79. The third-order valence-electron chi connectivity index (χ3n) is 2.85. The van der Waals surface area contributed by atoms with Gasteiger partial charge in [0.05, 0.1) is 21.7 Å². The SMILES string of the molecule is CC(O)c1ccc(S(=O)(=O)Nc2cc(Cl)ccc2Cl)cc1. The lowest BCUT2D eigenvalue weighted by Crippen LogP contribution is -2.13. The summed E-state index contributed by atoms with van der Waals surface area (Å²) in [7, 11) is -3.77. The largest absolute Gasteiger partial charge is 0.389 e. The van der Waals surface area contributed by atoms with Gasteiger partial charge in [-0.1, -0.05) is 35.3 Å². The molecule has 0 fully saturated rings. The lowest BCUT2D eigenvalue weighted by Gasteiger charge is -2.11. The maximum absolute atomic E-state index is 12.3. The predicted molar refractivity (Wildman–Crippen MR) is 84.3 cm³/mol. The van der Waals surface area contributed by atoms with E-state index in [0.29, 0.717) is 10.6 Å². The fourth-order valence-electron chi connectivity index (χ4n) is 1.70. The van der Waals surface area contributed by atoms with Gasteiger partial charge in [0.25, 0.3) is 10.0 Å². The number of halogens is 2. The number of hydrogen-bond acceptors (Lipinski definition) is 3. The molecule has 0 amide bonds. The highest BCUT2D eigenvalue weighted by molar-refractivity contribution is 7.92. The second kappa shape index (κ2) is 6.23. The Morgan fingerprint density at radius 1 is 1.10 bits per heavy atom. The van der Waals surface area contributed by atoms with Crippen molar-refractivity contribution in [2.75, 3.05) is 4.72 Å². The zero-order chi connectivity index (χ0) is 15.6. The number of sulfonamides is 1. The van der Waals surface area contributed by atoms with Crippen LogP contribution in [0.25, 0.3) is 0 Å². The average Bonchev–Trinajstić information content (AvgIpc) is 2.43. The van der Waals surface area contributed by atoms with Gasteiger partial charge in [0.15, 0.2) is 0 Å². The Hall–Kier alpha value is -1.27. The topological polar surface area (TPSA) is 66.4 Å². The first-order valence-corrected chi connectivity index (χ1v) is 8.29. The van der Waals surface area contributed by atoms with Gasteiger partial charge in [-0.15, -0.1) is 0 Å². The molecule has 2 aromatic carbocycles. The Morgan fingerprint density at radius 2 is 1.71 bits per heavy atom. The molecule has 4 nitrogen and oxygen atoms in total. The summed E-state index contributed by atoms with van der Waals surface area (Å²) in [5.74, 6) is 0. The van der Waals surface area contributed by atoms with Crippen molar-refractivity contribution in [3.8, 4) is 0 Å². The number of benzene rings is 2. The van der Waals surface area contributed by atoms with Crippen molar-refractivity contribution in [1.29, 1.82) is 0 Å². The molecule has 21 heavy (non-hydrogen) atoms. The number of aliphatic hydroxyl groups is 1. The van der Waals surface area contributed by atoms with Crippen molar-refractivity contribution in [2.24, 2.45) is 0 Å². The van der Waals surface area contributed by atoms with E-state index in [1.165, 1.54) is 24.3 Å². The Bertz CT molecular complexity index is 743. The van der Waals surface area contributed by atoms with Crippen LogP contribution in [-0.4, -0.2) is 13.5 Å². The van der Waals surface area contributed by atoms with Gasteiger partial charge in [0, 0.05) is 5.02 Å². The van der Waals surface area contributed by atoms with Crippen molar-refractivity contribution in [3.63, 3.8) is 0 Å². The molecule has 0 bridgehead atoms. The molecule has 0 heterocycles. The molecule has 0 aliphatic heterocycles. The van der Waals surface area contributed by atoms with Crippen molar-refractivity contribution in [2.45, 2.75) is 17.9 Å². The second-order valence-corrected chi connectivity index (χ2v) is 7.00. The average molecular weight is 346 g/mol. The van der Waals surface area contributed by atoms with E-state index in [2.05, 4.69) is 4.72 Å². The molecule has 0 aromatic heterocycles. The number of anilines is 1. The highest BCUT2D eigenvalue weighted by atomic mass is 35.5. The summed E-state index contributed by atoms with van der Waals surface area (Å²) in [6, 6.07) is 10.5. The number of nitrogens with one attached hydrogen (secondary N) is 1. The van der Waals surface area contributed by atoms with Crippen molar-refractivity contribution in [1.82, 2.24) is 0 Å². The van der Waals surface area contributed by atoms with Crippen molar-refractivity contribution in [3.05, 3.63) is 58.1 Å². The van der Waals surface area contributed by atoms with Gasteiger partial charge in [0.1, 0.15) is 0 Å². The molecule has 7 heteroatoms. The minimum absolute atomic E-state index is 0.0722. The van der Waals surface area contributed by atoms with Crippen LogP contribution in [0.3, 0.4) is 0 Å². The molecule has 2 aromatic rings. The van der Waals surface area contributed by atoms with Crippen LogP contribution in [0.2, 0.25) is 10.0 Å². The Balaban J connectivity index is 2.31. The van der Waals surface area contributed by atoms with E-state index in [1.54, 1.807) is 25.1 Å². The van der Waals surface area contributed by atoms with E-state index in [9.17, 15) is 13.5 Å². The highest BCUT2D eigenvalue weighted by Gasteiger charge is 2.16. The molecule has 1 atom stereocenters. The molecule has 0 radical (unpaired) electrons. The van der Waals surface area contributed by atoms with Gasteiger partial charge >= 0.3 is 0 Å². The van der Waals surface area contributed by atoms with Crippen LogP contribution in [0.1, 0.15) is 18.6 Å². The maximum Gasteiger partial charge on any atom is 0.261 e. The normalized spacial score (nSPS) is 13.0. The number of rotatable bonds is 4. The molecule has 0 aliphatic carbocycles. The first kappa shape index (κ1) is 16.1. The molecule has 2 rings (SSSR count). The summed E-state index contributed by atoms with van der Waals surface area (Å²) in [5.41, 5.74) is 0.846. The molecule has 112 valence electrons. The summed E-state index contributed by atoms with van der Waals surface area (Å²) in [6.07, 6.45) is -0.655. The summed E-state index contributed by atoms with van der Waals surface area (Å²) in [6.45, 7) is 1.60. The first-order valence-electron chi connectivity index (χ1n) is 6.05. The molecule has 0 aliphatic rings. The molecule has 0 saturated carbocycles. The van der Waals surface area contributed by atoms with Gasteiger partial charge in [-0.2, -0.15) is 0 Å². The van der Waals surface area contributed by atoms with Crippen LogP contribution in [0.5, 0.6) is 0 Å². The highest BCUT2D eigenvalue weighted by Crippen LogP contribution is 2.28.